The zero-order chi connectivity index (χ0) is 19.6. The SMILES string of the molecule is CCC(CC)C(CN=C(N)Nc1ccc(OC(C)C)cc1)N1CCOCC1.I. The van der Waals surface area contributed by atoms with Crippen LogP contribution in [0.1, 0.15) is 40.5 Å². The van der Waals surface area contributed by atoms with E-state index in [9.17, 15) is 0 Å². The molecule has 1 aromatic rings. The van der Waals surface area contributed by atoms with Crippen molar-refractivity contribution in [2.75, 3.05) is 38.2 Å². The molecule has 1 atom stereocenters. The molecule has 3 N–H and O–H groups in total. The molecule has 1 heterocycles. The molecule has 0 aliphatic carbocycles. The van der Waals surface area contributed by atoms with E-state index in [1.54, 1.807) is 0 Å². The van der Waals surface area contributed by atoms with Crippen LogP contribution in [0.3, 0.4) is 0 Å². The van der Waals surface area contributed by atoms with Crippen LogP contribution in [0.2, 0.25) is 0 Å². The monoisotopic (exact) mass is 504 g/mol. The molecule has 28 heavy (non-hydrogen) atoms. The van der Waals surface area contributed by atoms with Crippen LogP contribution in [0.15, 0.2) is 29.3 Å². The number of hydrogen-bond donors (Lipinski definition) is 2. The molecule has 1 saturated heterocycles. The summed E-state index contributed by atoms with van der Waals surface area (Å²) in [5, 5.41) is 3.18. The van der Waals surface area contributed by atoms with Gasteiger partial charge in [0.1, 0.15) is 5.75 Å². The molecule has 0 radical (unpaired) electrons. The maximum absolute atomic E-state index is 6.15. The van der Waals surface area contributed by atoms with E-state index >= 15 is 0 Å². The van der Waals surface area contributed by atoms with Gasteiger partial charge in [0.25, 0.3) is 0 Å². The minimum atomic E-state index is 0. The third-order valence-corrected chi connectivity index (χ3v) is 5.05. The van der Waals surface area contributed by atoms with Crippen LogP contribution < -0.4 is 15.8 Å². The van der Waals surface area contributed by atoms with Crippen molar-refractivity contribution in [3.8, 4) is 5.75 Å². The summed E-state index contributed by atoms with van der Waals surface area (Å²) in [4.78, 5) is 7.16. The van der Waals surface area contributed by atoms with Gasteiger partial charge in [-0.15, -0.1) is 24.0 Å². The van der Waals surface area contributed by atoms with E-state index in [-0.39, 0.29) is 30.1 Å². The molecule has 1 aliphatic rings. The Labute approximate surface area is 187 Å². The molecule has 0 bridgehead atoms. The third-order valence-electron chi connectivity index (χ3n) is 5.05. The summed E-state index contributed by atoms with van der Waals surface area (Å²) in [6.07, 6.45) is 2.47. The summed E-state index contributed by atoms with van der Waals surface area (Å²) in [6, 6.07) is 8.21. The summed E-state index contributed by atoms with van der Waals surface area (Å²) in [5.74, 6) is 1.93. The van der Waals surface area contributed by atoms with Crippen molar-refractivity contribution in [2.24, 2.45) is 16.6 Å². The average molecular weight is 504 g/mol. The first-order valence-electron chi connectivity index (χ1n) is 10.2. The van der Waals surface area contributed by atoms with Gasteiger partial charge in [-0.3, -0.25) is 9.89 Å². The minimum Gasteiger partial charge on any atom is -0.491 e. The number of halogens is 1. The normalized spacial score (nSPS) is 16.7. The van der Waals surface area contributed by atoms with E-state index in [2.05, 4.69) is 29.1 Å². The van der Waals surface area contributed by atoms with E-state index in [0.717, 1.165) is 50.6 Å². The highest BCUT2D eigenvalue weighted by Crippen LogP contribution is 2.21. The number of nitrogens with two attached hydrogens (primary N) is 1. The number of ether oxygens (including phenoxy) is 2. The molecule has 0 amide bonds. The highest BCUT2D eigenvalue weighted by atomic mass is 127. The lowest BCUT2D eigenvalue weighted by Gasteiger charge is -2.38. The van der Waals surface area contributed by atoms with Crippen LogP contribution in [-0.2, 0) is 4.74 Å². The number of guanidine groups is 1. The molecule has 0 saturated carbocycles. The van der Waals surface area contributed by atoms with Gasteiger partial charge in [0, 0.05) is 24.8 Å². The molecule has 0 spiro atoms. The van der Waals surface area contributed by atoms with Gasteiger partial charge in [0.05, 0.1) is 25.9 Å². The number of nitrogens with zero attached hydrogens (tertiary/aromatic N) is 2. The predicted molar refractivity (Wildman–Crippen MR) is 128 cm³/mol. The second-order valence-electron chi connectivity index (χ2n) is 7.33. The van der Waals surface area contributed by atoms with Gasteiger partial charge in [0.15, 0.2) is 5.96 Å². The van der Waals surface area contributed by atoms with Crippen molar-refractivity contribution >= 4 is 35.6 Å². The Hall–Kier alpha value is -1.06. The average Bonchev–Trinajstić information content (AvgIpc) is 2.67. The maximum Gasteiger partial charge on any atom is 0.193 e. The number of aliphatic imine (C=N–C) groups is 1. The molecule has 1 fully saturated rings. The first-order chi connectivity index (χ1) is 13.0. The standard InChI is InChI=1S/C21H36N4O2.HI/c1-5-17(6-2)20(25-11-13-26-14-12-25)15-23-21(22)24-18-7-9-19(10-8-18)27-16(3)4;/h7-10,16-17,20H,5-6,11-15H2,1-4H3,(H3,22,23,24);1H. The first-order valence-corrected chi connectivity index (χ1v) is 10.2. The van der Waals surface area contributed by atoms with Crippen LogP contribution in [0.5, 0.6) is 5.75 Å². The lowest BCUT2D eigenvalue weighted by molar-refractivity contribution is 0.00398. The number of anilines is 1. The van der Waals surface area contributed by atoms with Crippen molar-refractivity contribution < 1.29 is 9.47 Å². The van der Waals surface area contributed by atoms with Crippen molar-refractivity contribution in [1.29, 1.82) is 0 Å². The van der Waals surface area contributed by atoms with Crippen LogP contribution in [0.25, 0.3) is 0 Å². The van der Waals surface area contributed by atoms with Gasteiger partial charge in [-0.05, 0) is 44.0 Å². The highest BCUT2D eigenvalue weighted by Gasteiger charge is 2.26. The van der Waals surface area contributed by atoms with Gasteiger partial charge in [-0.25, -0.2) is 0 Å². The fraction of sp³-hybridized carbons (Fsp3) is 0.667. The molecule has 160 valence electrons. The highest BCUT2D eigenvalue weighted by molar-refractivity contribution is 14.0. The number of benzene rings is 1. The Bertz CT molecular complexity index is 570. The number of rotatable bonds is 9. The maximum atomic E-state index is 6.15. The zero-order valence-corrected chi connectivity index (χ0v) is 20.0. The quantitative estimate of drug-likeness (QED) is 0.303. The second-order valence-corrected chi connectivity index (χ2v) is 7.33. The van der Waals surface area contributed by atoms with Crippen molar-refractivity contribution in [3.05, 3.63) is 24.3 Å². The Morgan fingerprint density at radius 3 is 2.32 bits per heavy atom. The van der Waals surface area contributed by atoms with Crippen molar-refractivity contribution in [2.45, 2.75) is 52.7 Å². The van der Waals surface area contributed by atoms with Crippen LogP contribution in [0.4, 0.5) is 5.69 Å². The Morgan fingerprint density at radius 2 is 1.79 bits per heavy atom. The smallest absolute Gasteiger partial charge is 0.193 e. The molecular formula is C21H37IN4O2. The number of nitrogens with one attached hydrogen (secondary N) is 1. The van der Waals surface area contributed by atoms with Gasteiger partial charge in [-0.1, -0.05) is 26.7 Å². The van der Waals surface area contributed by atoms with E-state index in [4.69, 9.17) is 15.2 Å². The summed E-state index contributed by atoms with van der Waals surface area (Å²) in [7, 11) is 0. The second kappa shape index (κ2) is 13.2. The lowest BCUT2D eigenvalue weighted by atomic mass is 9.92. The largest absolute Gasteiger partial charge is 0.491 e. The van der Waals surface area contributed by atoms with Gasteiger partial charge >= 0.3 is 0 Å². The van der Waals surface area contributed by atoms with Crippen LogP contribution in [0, 0.1) is 5.92 Å². The Balaban J connectivity index is 0.00000392. The predicted octanol–water partition coefficient (Wildman–Crippen LogP) is 3.96. The summed E-state index contributed by atoms with van der Waals surface area (Å²) >= 11 is 0. The van der Waals surface area contributed by atoms with E-state index in [0.29, 0.717) is 24.5 Å². The van der Waals surface area contributed by atoms with E-state index in [1.165, 1.54) is 0 Å². The summed E-state index contributed by atoms with van der Waals surface area (Å²) < 4.78 is 11.2. The Morgan fingerprint density at radius 1 is 1.18 bits per heavy atom. The molecule has 6 nitrogen and oxygen atoms in total. The molecule has 7 heteroatoms. The first kappa shape index (κ1) is 25.0. The molecule has 1 aliphatic heterocycles. The van der Waals surface area contributed by atoms with E-state index < -0.39 is 0 Å². The molecule has 2 rings (SSSR count). The van der Waals surface area contributed by atoms with Crippen LogP contribution in [-0.4, -0.2) is 55.9 Å². The molecule has 1 aromatic carbocycles. The molecule has 0 aromatic heterocycles. The third kappa shape index (κ3) is 8.13. The summed E-state index contributed by atoms with van der Waals surface area (Å²) in [5.41, 5.74) is 7.06. The van der Waals surface area contributed by atoms with Crippen molar-refractivity contribution in [1.82, 2.24) is 4.90 Å². The van der Waals surface area contributed by atoms with Crippen LogP contribution >= 0.6 is 24.0 Å². The summed E-state index contributed by atoms with van der Waals surface area (Å²) in [6.45, 7) is 12.8. The van der Waals surface area contributed by atoms with Gasteiger partial charge < -0.3 is 20.5 Å². The van der Waals surface area contributed by atoms with Crippen molar-refractivity contribution in [3.63, 3.8) is 0 Å². The fourth-order valence-electron chi connectivity index (χ4n) is 3.57. The number of morpholine rings is 1. The van der Waals surface area contributed by atoms with Gasteiger partial charge in [-0.2, -0.15) is 0 Å². The fourth-order valence-corrected chi connectivity index (χ4v) is 3.57. The van der Waals surface area contributed by atoms with E-state index in [1.807, 2.05) is 38.1 Å². The topological polar surface area (TPSA) is 72.1 Å². The lowest BCUT2D eigenvalue weighted by Crippen LogP contribution is -2.48. The van der Waals surface area contributed by atoms with Gasteiger partial charge in [0.2, 0.25) is 0 Å². The Kier molecular flexibility index (Phi) is 11.8. The minimum absolute atomic E-state index is 0. The molecule has 1 unspecified atom stereocenters. The number of hydrogen-bond acceptors (Lipinski definition) is 4. The zero-order valence-electron chi connectivity index (χ0n) is 17.7. The molecular weight excluding hydrogens is 467 g/mol.